The van der Waals surface area contributed by atoms with Gasteiger partial charge < -0.3 is 65.1 Å². The number of unbranched alkanes of at least 4 members (excludes halogenated alkanes) is 40. The van der Waals surface area contributed by atoms with E-state index in [4.69, 9.17) is 18.9 Å². The SMILES string of the molecule is CCCCCCC/C=C\C/C=C\C/C=C\CCCCCCCCCCC(=O)NC(COC1OC(CO)C(OC2OC(CO)C(O)C(O)C2O)C(O)C1O)C(O)CCCCCCCCCCCCCCCCCCCCCCCCCCCCCC. The quantitative estimate of drug-likeness (QED) is 0.0204. The van der Waals surface area contributed by atoms with Crippen LogP contribution >= 0.6 is 0 Å². The molecule has 0 aromatic rings. The van der Waals surface area contributed by atoms with Crippen molar-refractivity contribution in [2.45, 2.75) is 389 Å². The molecule has 2 heterocycles. The lowest BCUT2D eigenvalue weighted by Gasteiger charge is -2.46. The van der Waals surface area contributed by atoms with Gasteiger partial charge >= 0.3 is 0 Å². The summed E-state index contributed by atoms with van der Waals surface area (Å²) in [6.07, 6.45) is 54.4. The average Bonchev–Trinajstić information content (AvgIpc) is 3.68. The number of ether oxygens (including phenoxy) is 4. The molecule has 0 aliphatic carbocycles. The van der Waals surface area contributed by atoms with E-state index in [2.05, 4.69) is 55.6 Å². The summed E-state index contributed by atoms with van der Waals surface area (Å²) in [4.78, 5) is 13.3. The normalized spacial score (nSPS) is 23.7. The van der Waals surface area contributed by atoms with E-state index in [1.54, 1.807) is 0 Å². The molecular formula is C71H133NO13. The summed E-state index contributed by atoms with van der Waals surface area (Å²) in [6, 6.07) is -0.835. The maximum absolute atomic E-state index is 13.3. The van der Waals surface area contributed by atoms with Gasteiger partial charge in [0, 0.05) is 6.42 Å². The fourth-order valence-corrected chi connectivity index (χ4v) is 11.9. The first-order chi connectivity index (χ1) is 41.6. The van der Waals surface area contributed by atoms with Crippen molar-refractivity contribution in [1.29, 1.82) is 0 Å². The first kappa shape index (κ1) is 79.3. The highest BCUT2D eigenvalue weighted by atomic mass is 16.7. The van der Waals surface area contributed by atoms with E-state index in [1.807, 2.05) is 0 Å². The number of carbonyl (C=O) groups is 1. The van der Waals surface area contributed by atoms with Gasteiger partial charge in [0.05, 0.1) is 32.0 Å². The molecule has 0 radical (unpaired) electrons. The van der Waals surface area contributed by atoms with Crippen LogP contribution in [0.15, 0.2) is 36.5 Å². The molecule has 14 heteroatoms. The Hall–Kier alpha value is -1.79. The van der Waals surface area contributed by atoms with Crippen LogP contribution in [-0.2, 0) is 23.7 Å². The molecule has 0 aromatic heterocycles. The van der Waals surface area contributed by atoms with Crippen LogP contribution < -0.4 is 5.32 Å². The predicted octanol–water partition coefficient (Wildman–Crippen LogP) is 14.5. The summed E-state index contributed by atoms with van der Waals surface area (Å²) in [5, 5.41) is 87.6. The molecule has 14 nitrogen and oxygen atoms in total. The van der Waals surface area contributed by atoms with Gasteiger partial charge in [-0.15, -0.1) is 0 Å². The summed E-state index contributed by atoms with van der Waals surface area (Å²) >= 11 is 0. The molecule has 0 aromatic carbocycles. The summed E-state index contributed by atoms with van der Waals surface area (Å²) in [5.74, 6) is -0.210. The van der Waals surface area contributed by atoms with Crippen molar-refractivity contribution >= 4 is 5.91 Å². The Morgan fingerprint density at radius 1 is 0.424 bits per heavy atom. The zero-order chi connectivity index (χ0) is 61.6. The Morgan fingerprint density at radius 2 is 0.776 bits per heavy atom. The molecule has 2 fully saturated rings. The van der Waals surface area contributed by atoms with E-state index in [1.165, 1.54) is 218 Å². The van der Waals surface area contributed by atoms with Crippen LogP contribution in [0.1, 0.15) is 316 Å². The lowest BCUT2D eigenvalue weighted by atomic mass is 9.97. The molecule has 85 heavy (non-hydrogen) atoms. The molecule has 2 aliphatic rings. The number of rotatable bonds is 59. The second-order valence-electron chi connectivity index (χ2n) is 25.4. The Bertz CT molecular complexity index is 1560. The molecule has 9 N–H and O–H groups in total. The third kappa shape index (κ3) is 40.5. The highest BCUT2D eigenvalue weighted by Crippen LogP contribution is 2.30. The minimum absolute atomic E-state index is 0.210. The minimum atomic E-state index is -1.78. The van der Waals surface area contributed by atoms with Crippen LogP contribution in [0.25, 0.3) is 0 Å². The highest BCUT2D eigenvalue weighted by molar-refractivity contribution is 5.76. The second kappa shape index (κ2) is 56.2. The van der Waals surface area contributed by atoms with Gasteiger partial charge in [-0.2, -0.15) is 0 Å². The Balaban J connectivity index is 1.67. The van der Waals surface area contributed by atoms with Crippen LogP contribution in [0.4, 0.5) is 0 Å². The van der Waals surface area contributed by atoms with Gasteiger partial charge in [-0.3, -0.25) is 4.79 Å². The van der Waals surface area contributed by atoms with Crippen molar-refractivity contribution in [3.63, 3.8) is 0 Å². The van der Waals surface area contributed by atoms with Gasteiger partial charge in [0.2, 0.25) is 5.91 Å². The largest absolute Gasteiger partial charge is 0.394 e. The smallest absolute Gasteiger partial charge is 0.220 e. The molecule has 2 saturated heterocycles. The maximum Gasteiger partial charge on any atom is 0.220 e. The van der Waals surface area contributed by atoms with Gasteiger partial charge in [-0.25, -0.2) is 0 Å². The van der Waals surface area contributed by atoms with Crippen molar-refractivity contribution in [1.82, 2.24) is 5.32 Å². The van der Waals surface area contributed by atoms with Gasteiger partial charge in [-0.05, 0) is 51.4 Å². The van der Waals surface area contributed by atoms with Crippen LogP contribution in [0.2, 0.25) is 0 Å². The number of hydrogen-bond acceptors (Lipinski definition) is 13. The average molecular weight is 1210 g/mol. The molecule has 12 atom stereocenters. The standard InChI is InChI=1S/C71H133NO13/c1-3-5-7-9-11-13-15-17-19-21-23-25-27-28-29-30-31-33-34-36-38-40-42-44-46-48-50-52-54-60(75)59(58-82-70-68(81)66(79)69(62(57-74)84-70)85-71-67(80)65(78)64(77)61(56-73)83-71)72-63(76)55-53-51-49-47-45-43-41-39-37-35-32-26-24-22-20-18-16-14-12-10-8-6-4-2/h16,18,22,24,32,35,59-62,64-71,73-75,77-81H,3-15,17,19-21,23,25-31,33-34,36-58H2,1-2H3,(H,72,76)/b18-16-,24-22-,35-32-. The fourth-order valence-electron chi connectivity index (χ4n) is 11.9. The number of nitrogens with one attached hydrogen (secondary N) is 1. The van der Waals surface area contributed by atoms with Crippen LogP contribution in [0.5, 0.6) is 0 Å². The lowest BCUT2D eigenvalue weighted by molar-refractivity contribution is -0.359. The zero-order valence-electron chi connectivity index (χ0n) is 54.4. The van der Waals surface area contributed by atoms with Gasteiger partial charge in [0.15, 0.2) is 12.6 Å². The monoisotopic (exact) mass is 1210 g/mol. The van der Waals surface area contributed by atoms with Gasteiger partial charge in [0.1, 0.15) is 48.8 Å². The van der Waals surface area contributed by atoms with E-state index in [0.717, 1.165) is 64.2 Å². The first-order valence-electron chi connectivity index (χ1n) is 35.7. The van der Waals surface area contributed by atoms with Gasteiger partial charge in [0.25, 0.3) is 0 Å². The molecule has 0 bridgehead atoms. The maximum atomic E-state index is 13.3. The Morgan fingerprint density at radius 3 is 1.19 bits per heavy atom. The Kier molecular flexibility index (Phi) is 52.4. The summed E-state index contributed by atoms with van der Waals surface area (Å²) in [5.41, 5.74) is 0. The molecule has 500 valence electrons. The van der Waals surface area contributed by atoms with E-state index in [9.17, 15) is 45.6 Å². The molecule has 0 saturated carbocycles. The molecule has 2 rings (SSSR count). The van der Waals surface area contributed by atoms with E-state index < -0.39 is 86.8 Å². The number of aliphatic hydroxyl groups excluding tert-OH is 8. The third-order valence-corrected chi connectivity index (χ3v) is 17.6. The van der Waals surface area contributed by atoms with Crippen molar-refractivity contribution in [3.8, 4) is 0 Å². The van der Waals surface area contributed by atoms with Crippen LogP contribution in [-0.4, -0.2) is 140 Å². The predicted molar refractivity (Wildman–Crippen MR) is 346 cm³/mol. The van der Waals surface area contributed by atoms with E-state index >= 15 is 0 Å². The molecule has 12 unspecified atom stereocenters. The van der Waals surface area contributed by atoms with Crippen molar-refractivity contribution in [2.75, 3.05) is 19.8 Å². The number of carbonyl (C=O) groups excluding carboxylic acids is 1. The van der Waals surface area contributed by atoms with Crippen LogP contribution in [0, 0.1) is 0 Å². The van der Waals surface area contributed by atoms with Crippen LogP contribution in [0.3, 0.4) is 0 Å². The highest BCUT2D eigenvalue weighted by Gasteiger charge is 2.51. The lowest BCUT2D eigenvalue weighted by Crippen LogP contribution is -2.65. The summed E-state index contributed by atoms with van der Waals surface area (Å²) < 4.78 is 22.9. The fraction of sp³-hybridized carbons (Fsp3) is 0.901. The number of hydrogen-bond donors (Lipinski definition) is 9. The number of aliphatic hydroxyl groups is 8. The third-order valence-electron chi connectivity index (χ3n) is 17.6. The topological polar surface area (TPSA) is 228 Å². The Labute approximate surface area is 519 Å². The van der Waals surface area contributed by atoms with E-state index in [0.29, 0.717) is 19.3 Å². The second-order valence-corrected chi connectivity index (χ2v) is 25.4. The molecular weight excluding hydrogens is 1070 g/mol. The molecule has 2 aliphatic heterocycles. The number of amides is 1. The van der Waals surface area contributed by atoms with Gasteiger partial charge in [-0.1, -0.05) is 294 Å². The molecule has 1 amide bonds. The van der Waals surface area contributed by atoms with E-state index in [-0.39, 0.29) is 12.5 Å². The van der Waals surface area contributed by atoms with Crippen molar-refractivity contribution < 1.29 is 64.6 Å². The first-order valence-corrected chi connectivity index (χ1v) is 35.7. The summed E-state index contributed by atoms with van der Waals surface area (Å²) in [6.45, 7) is 2.89. The minimum Gasteiger partial charge on any atom is -0.394 e. The summed E-state index contributed by atoms with van der Waals surface area (Å²) in [7, 11) is 0. The van der Waals surface area contributed by atoms with Crippen molar-refractivity contribution in [2.24, 2.45) is 0 Å². The molecule has 0 spiro atoms. The van der Waals surface area contributed by atoms with Crippen molar-refractivity contribution in [3.05, 3.63) is 36.5 Å². The number of allylic oxidation sites excluding steroid dienone is 6. The zero-order valence-corrected chi connectivity index (χ0v) is 54.4.